The fraction of sp³-hybridized carbons (Fsp3) is 0.364. The molecule has 1 aliphatic rings. The maximum Gasteiger partial charge on any atom is 0.129 e. The van der Waals surface area contributed by atoms with Gasteiger partial charge in [0.05, 0.1) is 0 Å². The highest BCUT2D eigenvalue weighted by Crippen LogP contribution is 2.21. The van der Waals surface area contributed by atoms with Crippen LogP contribution < -0.4 is 0 Å². The number of likely N-dealkylation sites (tertiary alicyclic amines) is 1. The Kier molecular flexibility index (Phi) is 3.05. The number of amidine groups is 1. The topological polar surface area (TPSA) is 27.1 Å². The molecule has 1 aliphatic heterocycles. The van der Waals surface area contributed by atoms with Gasteiger partial charge in [-0.2, -0.15) is 0 Å². The Balaban J connectivity index is 2.27. The number of nitrogens with one attached hydrogen (secondary N) is 1. The summed E-state index contributed by atoms with van der Waals surface area (Å²) in [5, 5.41) is 7.99. The Bertz CT molecular complexity index is 386. The molecule has 0 unspecified atom stereocenters. The van der Waals surface area contributed by atoms with Crippen molar-refractivity contribution in [3.05, 3.63) is 34.1 Å². The van der Waals surface area contributed by atoms with E-state index in [2.05, 4.69) is 15.9 Å². The predicted octanol–water partition coefficient (Wildman–Crippen LogP) is 3.01. The molecule has 2 rings (SSSR count). The Morgan fingerprint density at radius 1 is 1.33 bits per heavy atom. The third-order valence-corrected chi connectivity index (χ3v) is 3.30. The predicted molar refractivity (Wildman–Crippen MR) is 61.7 cm³/mol. The molecule has 1 saturated heterocycles. The minimum atomic E-state index is -0.294. The van der Waals surface area contributed by atoms with Gasteiger partial charge in [0.2, 0.25) is 0 Å². The van der Waals surface area contributed by atoms with E-state index >= 15 is 0 Å². The summed E-state index contributed by atoms with van der Waals surface area (Å²) in [6.45, 7) is 1.81. The van der Waals surface area contributed by atoms with Crippen LogP contribution in [0.25, 0.3) is 0 Å². The van der Waals surface area contributed by atoms with Crippen molar-refractivity contribution >= 4 is 21.8 Å². The van der Waals surface area contributed by atoms with Crippen LogP contribution in [0, 0.1) is 11.2 Å². The van der Waals surface area contributed by atoms with E-state index in [4.69, 9.17) is 5.41 Å². The van der Waals surface area contributed by atoms with Gasteiger partial charge in [0, 0.05) is 23.1 Å². The molecule has 1 heterocycles. The molecule has 1 fully saturated rings. The second-order valence-corrected chi connectivity index (χ2v) is 4.52. The zero-order chi connectivity index (χ0) is 10.8. The molecule has 1 aromatic rings. The fourth-order valence-electron chi connectivity index (χ4n) is 1.79. The standard InChI is InChI=1S/C11H12BrFN2/c12-10-4-3-8(13)7-9(10)11(14)15-5-1-2-6-15/h3-4,7,14H,1-2,5-6H2. The van der Waals surface area contributed by atoms with Crippen molar-refractivity contribution in [2.45, 2.75) is 12.8 Å². The lowest BCUT2D eigenvalue weighted by Crippen LogP contribution is -2.28. The van der Waals surface area contributed by atoms with Crippen molar-refractivity contribution in [1.29, 1.82) is 5.41 Å². The van der Waals surface area contributed by atoms with Gasteiger partial charge in [-0.05, 0) is 31.0 Å². The van der Waals surface area contributed by atoms with Crippen LogP contribution in [0.2, 0.25) is 0 Å². The van der Waals surface area contributed by atoms with Gasteiger partial charge in [-0.1, -0.05) is 15.9 Å². The summed E-state index contributed by atoms with van der Waals surface area (Å²) in [5.74, 6) is 0.121. The largest absolute Gasteiger partial charge is 0.357 e. The van der Waals surface area contributed by atoms with E-state index in [1.807, 2.05) is 4.90 Å². The van der Waals surface area contributed by atoms with Crippen molar-refractivity contribution in [3.63, 3.8) is 0 Å². The van der Waals surface area contributed by atoms with Gasteiger partial charge in [0.25, 0.3) is 0 Å². The van der Waals surface area contributed by atoms with Gasteiger partial charge in [-0.15, -0.1) is 0 Å². The smallest absolute Gasteiger partial charge is 0.129 e. The molecule has 4 heteroatoms. The molecule has 15 heavy (non-hydrogen) atoms. The molecule has 0 radical (unpaired) electrons. The molecular weight excluding hydrogens is 259 g/mol. The maximum absolute atomic E-state index is 13.1. The Labute approximate surface area is 96.7 Å². The number of nitrogens with zero attached hydrogens (tertiary/aromatic N) is 1. The maximum atomic E-state index is 13.1. The van der Waals surface area contributed by atoms with E-state index in [1.165, 1.54) is 12.1 Å². The number of benzene rings is 1. The normalized spacial score (nSPS) is 15.7. The van der Waals surface area contributed by atoms with Gasteiger partial charge in [-0.25, -0.2) is 4.39 Å². The summed E-state index contributed by atoms with van der Waals surface area (Å²) in [5.41, 5.74) is 0.636. The van der Waals surface area contributed by atoms with Crippen LogP contribution in [0.4, 0.5) is 4.39 Å². The quantitative estimate of drug-likeness (QED) is 0.617. The zero-order valence-electron chi connectivity index (χ0n) is 8.26. The molecule has 0 saturated carbocycles. The lowest BCUT2D eigenvalue weighted by atomic mass is 10.2. The first-order chi connectivity index (χ1) is 7.18. The highest BCUT2D eigenvalue weighted by atomic mass is 79.9. The van der Waals surface area contributed by atoms with Crippen LogP contribution in [-0.4, -0.2) is 23.8 Å². The van der Waals surface area contributed by atoms with Gasteiger partial charge in [0.15, 0.2) is 0 Å². The van der Waals surface area contributed by atoms with E-state index < -0.39 is 0 Å². The van der Waals surface area contributed by atoms with E-state index in [1.54, 1.807) is 6.07 Å². The fourth-order valence-corrected chi connectivity index (χ4v) is 2.22. The van der Waals surface area contributed by atoms with Crippen LogP contribution in [-0.2, 0) is 0 Å². The van der Waals surface area contributed by atoms with Crippen molar-refractivity contribution in [2.75, 3.05) is 13.1 Å². The summed E-state index contributed by atoms with van der Waals surface area (Å²) < 4.78 is 13.8. The first kappa shape index (κ1) is 10.6. The highest BCUT2D eigenvalue weighted by Gasteiger charge is 2.18. The minimum absolute atomic E-state index is 0.294. The second kappa shape index (κ2) is 4.31. The molecule has 0 aromatic heterocycles. The average Bonchev–Trinajstić information content (AvgIpc) is 2.74. The molecular formula is C11H12BrFN2. The minimum Gasteiger partial charge on any atom is -0.357 e. The van der Waals surface area contributed by atoms with E-state index in [0.29, 0.717) is 11.4 Å². The van der Waals surface area contributed by atoms with Crippen molar-refractivity contribution < 1.29 is 4.39 Å². The summed E-state index contributed by atoms with van der Waals surface area (Å²) in [6.07, 6.45) is 2.24. The van der Waals surface area contributed by atoms with Crippen LogP contribution in [0.15, 0.2) is 22.7 Å². The van der Waals surface area contributed by atoms with Crippen LogP contribution in [0.1, 0.15) is 18.4 Å². The van der Waals surface area contributed by atoms with Gasteiger partial charge >= 0.3 is 0 Å². The SMILES string of the molecule is N=C(c1cc(F)ccc1Br)N1CCCC1. The van der Waals surface area contributed by atoms with Crippen LogP contribution in [0.3, 0.4) is 0 Å². The van der Waals surface area contributed by atoms with Gasteiger partial charge < -0.3 is 4.90 Å². The van der Waals surface area contributed by atoms with Crippen molar-refractivity contribution in [2.24, 2.45) is 0 Å². The van der Waals surface area contributed by atoms with Gasteiger partial charge in [-0.3, -0.25) is 5.41 Å². The molecule has 2 nitrogen and oxygen atoms in total. The number of hydrogen-bond donors (Lipinski definition) is 1. The second-order valence-electron chi connectivity index (χ2n) is 3.67. The monoisotopic (exact) mass is 270 g/mol. The third kappa shape index (κ3) is 2.20. The lowest BCUT2D eigenvalue weighted by Gasteiger charge is -2.19. The Morgan fingerprint density at radius 3 is 2.67 bits per heavy atom. The summed E-state index contributed by atoms with van der Waals surface area (Å²) in [6, 6.07) is 4.45. The third-order valence-electron chi connectivity index (χ3n) is 2.61. The molecule has 0 bridgehead atoms. The number of rotatable bonds is 1. The average molecular weight is 271 g/mol. The zero-order valence-corrected chi connectivity index (χ0v) is 9.85. The molecule has 1 N–H and O–H groups in total. The number of halogens is 2. The van der Waals surface area contributed by atoms with Crippen LogP contribution in [0.5, 0.6) is 0 Å². The van der Waals surface area contributed by atoms with Crippen molar-refractivity contribution in [3.8, 4) is 0 Å². The van der Waals surface area contributed by atoms with E-state index in [9.17, 15) is 4.39 Å². The first-order valence-electron chi connectivity index (χ1n) is 4.97. The Hall–Kier alpha value is -0.900. The molecule has 80 valence electrons. The first-order valence-corrected chi connectivity index (χ1v) is 5.77. The molecule has 1 aromatic carbocycles. The molecule has 0 amide bonds. The van der Waals surface area contributed by atoms with Crippen LogP contribution >= 0.6 is 15.9 Å². The van der Waals surface area contributed by atoms with E-state index in [-0.39, 0.29) is 5.82 Å². The van der Waals surface area contributed by atoms with Gasteiger partial charge in [0.1, 0.15) is 11.7 Å². The lowest BCUT2D eigenvalue weighted by molar-refractivity contribution is 0.516. The molecule has 0 aliphatic carbocycles. The Morgan fingerprint density at radius 2 is 2.00 bits per heavy atom. The number of hydrogen-bond acceptors (Lipinski definition) is 1. The summed E-state index contributed by atoms with van der Waals surface area (Å²) in [4.78, 5) is 1.99. The summed E-state index contributed by atoms with van der Waals surface area (Å²) in [7, 11) is 0. The van der Waals surface area contributed by atoms with Crippen molar-refractivity contribution in [1.82, 2.24) is 4.90 Å². The highest BCUT2D eigenvalue weighted by molar-refractivity contribution is 9.10. The molecule has 0 spiro atoms. The summed E-state index contributed by atoms with van der Waals surface area (Å²) >= 11 is 3.34. The van der Waals surface area contributed by atoms with E-state index in [0.717, 1.165) is 30.4 Å². The molecule has 0 atom stereocenters.